The molecule has 0 radical (unpaired) electrons. The van der Waals surface area contributed by atoms with Gasteiger partial charge in [0.05, 0.1) is 23.9 Å². The number of imidazole rings is 1. The maximum Gasteiger partial charge on any atom is 0.190 e. The molecule has 1 aliphatic rings. The number of hydrogen-bond donors (Lipinski definition) is 1. The van der Waals surface area contributed by atoms with Gasteiger partial charge in [-0.1, -0.05) is 0 Å². The molecule has 0 saturated carbocycles. The standard InChI is InChI=1S/C13H11N3O/c17-13-9(6-10-7-14-8-16-10)3-4-12-11(13)2-1-5-15-12/h1-2,5-8H,3-4H2,(H,14,16)/b9-6+. The Morgan fingerprint density at radius 2 is 2.29 bits per heavy atom. The van der Waals surface area contributed by atoms with Gasteiger partial charge in [-0.15, -0.1) is 0 Å². The third-order valence-electron chi connectivity index (χ3n) is 2.91. The van der Waals surface area contributed by atoms with Crippen LogP contribution in [-0.4, -0.2) is 20.7 Å². The van der Waals surface area contributed by atoms with Gasteiger partial charge < -0.3 is 4.98 Å². The molecule has 0 saturated heterocycles. The lowest BCUT2D eigenvalue weighted by Gasteiger charge is -2.15. The number of nitrogens with one attached hydrogen (secondary N) is 1. The van der Waals surface area contributed by atoms with Gasteiger partial charge in [-0.3, -0.25) is 9.78 Å². The van der Waals surface area contributed by atoms with E-state index in [9.17, 15) is 4.79 Å². The second kappa shape index (κ2) is 3.97. The summed E-state index contributed by atoms with van der Waals surface area (Å²) < 4.78 is 0. The molecule has 84 valence electrons. The van der Waals surface area contributed by atoms with E-state index in [1.165, 1.54) is 0 Å². The fourth-order valence-electron chi connectivity index (χ4n) is 2.05. The van der Waals surface area contributed by atoms with Crippen LogP contribution < -0.4 is 0 Å². The number of allylic oxidation sites excluding steroid dienone is 1. The first-order valence-electron chi connectivity index (χ1n) is 5.52. The van der Waals surface area contributed by atoms with E-state index in [2.05, 4.69) is 15.0 Å². The number of aromatic amines is 1. The molecule has 4 nitrogen and oxygen atoms in total. The van der Waals surface area contributed by atoms with E-state index < -0.39 is 0 Å². The van der Waals surface area contributed by atoms with Crippen molar-refractivity contribution in [3.8, 4) is 0 Å². The summed E-state index contributed by atoms with van der Waals surface area (Å²) in [7, 11) is 0. The number of pyridine rings is 1. The molecule has 0 spiro atoms. The van der Waals surface area contributed by atoms with Gasteiger partial charge in [0.1, 0.15) is 0 Å². The minimum absolute atomic E-state index is 0.0777. The van der Waals surface area contributed by atoms with Gasteiger partial charge in [-0.05, 0) is 31.1 Å². The predicted octanol–water partition coefficient (Wildman–Crippen LogP) is 2.02. The van der Waals surface area contributed by atoms with Crippen molar-refractivity contribution in [1.29, 1.82) is 0 Å². The highest BCUT2D eigenvalue weighted by Crippen LogP contribution is 2.24. The lowest BCUT2D eigenvalue weighted by molar-refractivity contribution is 0.102. The minimum atomic E-state index is 0.0777. The van der Waals surface area contributed by atoms with Crippen molar-refractivity contribution in [1.82, 2.24) is 15.0 Å². The highest BCUT2D eigenvalue weighted by Gasteiger charge is 2.22. The zero-order valence-corrected chi connectivity index (χ0v) is 9.18. The second-order valence-electron chi connectivity index (χ2n) is 4.00. The summed E-state index contributed by atoms with van der Waals surface area (Å²) in [6.45, 7) is 0. The Kier molecular flexibility index (Phi) is 2.33. The van der Waals surface area contributed by atoms with Crippen molar-refractivity contribution in [3.63, 3.8) is 0 Å². The smallest absolute Gasteiger partial charge is 0.190 e. The maximum atomic E-state index is 12.2. The summed E-state index contributed by atoms with van der Waals surface area (Å²) in [5.74, 6) is 0.0777. The number of carbonyl (C=O) groups is 1. The fraction of sp³-hybridized carbons (Fsp3) is 0.154. The Hall–Kier alpha value is -2.23. The first-order chi connectivity index (χ1) is 8.34. The van der Waals surface area contributed by atoms with Crippen LogP contribution in [0.2, 0.25) is 0 Å². The summed E-state index contributed by atoms with van der Waals surface area (Å²) in [6, 6.07) is 3.64. The van der Waals surface area contributed by atoms with Crippen LogP contribution >= 0.6 is 0 Å². The van der Waals surface area contributed by atoms with E-state index in [1.807, 2.05) is 12.1 Å². The first kappa shape index (κ1) is 9.96. The van der Waals surface area contributed by atoms with Crippen molar-refractivity contribution in [2.45, 2.75) is 12.8 Å². The maximum absolute atomic E-state index is 12.2. The lowest BCUT2D eigenvalue weighted by Crippen LogP contribution is -2.15. The molecule has 3 rings (SSSR count). The van der Waals surface area contributed by atoms with Crippen LogP contribution in [-0.2, 0) is 6.42 Å². The Morgan fingerprint density at radius 1 is 1.35 bits per heavy atom. The van der Waals surface area contributed by atoms with E-state index in [4.69, 9.17) is 0 Å². The molecule has 0 atom stereocenters. The van der Waals surface area contributed by atoms with Crippen LogP contribution in [0.4, 0.5) is 0 Å². The van der Waals surface area contributed by atoms with E-state index in [0.717, 1.165) is 35.4 Å². The topological polar surface area (TPSA) is 58.6 Å². The number of rotatable bonds is 1. The average molecular weight is 225 g/mol. The summed E-state index contributed by atoms with van der Waals surface area (Å²) in [5.41, 5.74) is 3.30. The SMILES string of the molecule is O=C1/C(=C/c2cnc[nH]2)CCc2ncccc21. The van der Waals surface area contributed by atoms with E-state index in [0.29, 0.717) is 0 Å². The molecule has 0 aromatic carbocycles. The Labute approximate surface area is 98.4 Å². The summed E-state index contributed by atoms with van der Waals surface area (Å²) >= 11 is 0. The Balaban J connectivity index is 2.00. The molecule has 0 fully saturated rings. The number of aromatic nitrogens is 3. The molecular weight excluding hydrogens is 214 g/mol. The number of nitrogens with zero attached hydrogens (tertiary/aromatic N) is 2. The number of fused-ring (bicyclic) bond motifs is 1. The third kappa shape index (κ3) is 1.78. The zero-order valence-electron chi connectivity index (χ0n) is 9.18. The van der Waals surface area contributed by atoms with E-state index >= 15 is 0 Å². The molecule has 0 unspecified atom stereocenters. The van der Waals surface area contributed by atoms with Crippen molar-refractivity contribution in [2.75, 3.05) is 0 Å². The molecular formula is C13H11N3O. The average Bonchev–Trinajstić information content (AvgIpc) is 2.86. The Bertz CT molecular complexity index is 584. The molecule has 0 amide bonds. The number of hydrogen-bond acceptors (Lipinski definition) is 3. The molecule has 2 heterocycles. The van der Waals surface area contributed by atoms with Crippen molar-refractivity contribution >= 4 is 11.9 Å². The number of aryl methyl sites for hydroxylation is 1. The largest absolute Gasteiger partial charge is 0.345 e. The summed E-state index contributed by atoms with van der Waals surface area (Å²) in [4.78, 5) is 23.3. The van der Waals surface area contributed by atoms with Gasteiger partial charge >= 0.3 is 0 Å². The first-order valence-corrected chi connectivity index (χ1v) is 5.52. The van der Waals surface area contributed by atoms with Gasteiger partial charge in [-0.25, -0.2) is 4.98 Å². The molecule has 0 aliphatic heterocycles. The lowest BCUT2D eigenvalue weighted by atomic mass is 9.90. The van der Waals surface area contributed by atoms with Crippen molar-refractivity contribution < 1.29 is 4.79 Å². The Morgan fingerprint density at radius 3 is 3.12 bits per heavy atom. The molecule has 1 aliphatic carbocycles. The van der Waals surface area contributed by atoms with Gasteiger partial charge in [0.2, 0.25) is 0 Å². The van der Waals surface area contributed by atoms with Crippen LogP contribution in [0.5, 0.6) is 0 Å². The zero-order chi connectivity index (χ0) is 11.7. The molecule has 0 bridgehead atoms. The van der Waals surface area contributed by atoms with Crippen molar-refractivity contribution in [3.05, 3.63) is 53.4 Å². The third-order valence-corrected chi connectivity index (χ3v) is 2.91. The van der Waals surface area contributed by atoms with Crippen LogP contribution in [0.3, 0.4) is 0 Å². The second-order valence-corrected chi connectivity index (χ2v) is 4.00. The van der Waals surface area contributed by atoms with Crippen LogP contribution in [0.15, 0.2) is 36.4 Å². The fourth-order valence-corrected chi connectivity index (χ4v) is 2.05. The predicted molar refractivity (Wildman–Crippen MR) is 63.5 cm³/mol. The highest BCUT2D eigenvalue weighted by atomic mass is 16.1. The van der Waals surface area contributed by atoms with E-state index in [1.54, 1.807) is 24.8 Å². The van der Waals surface area contributed by atoms with Gasteiger partial charge in [-0.2, -0.15) is 0 Å². The van der Waals surface area contributed by atoms with Gasteiger partial charge in [0.25, 0.3) is 0 Å². The normalized spacial score (nSPS) is 17.2. The van der Waals surface area contributed by atoms with Gasteiger partial charge in [0, 0.05) is 17.3 Å². The summed E-state index contributed by atoms with van der Waals surface area (Å²) in [5, 5.41) is 0. The number of Topliss-reactive ketones (excluding diaryl/α,β-unsaturated/α-hetero) is 1. The number of carbonyl (C=O) groups excluding carboxylic acids is 1. The highest BCUT2D eigenvalue weighted by molar-refractivity contribution is 6.12. The number of ketones is 1. The molecule has 2 aromatic heterocycles. The number of H-pyrrole nitrogens is 1. The monoisotopic (exact) mass is 225 g/mol. The van der Waals surface area contributed by atoms with Crippen molar-refractivity contribution in [2.24, 2.45) is 0 Å². The van der Waals surface area contributed by atoms with E-state index in [-0.39, 0.29) is 5.78 Å². The summed E-state index contributed by atoms with van der Waals surface area (Å²) in [6.07, 6.45) is 8.47. The quantitative estimate of drug-likeness (QED) is 0.755. The molecule has 2 aromatic rings. The van der Waals surface area contributed by atoms with Gasteiger partial charge in [0.15, 0.2) is 5.78 Å². The molecule has 4 heteroatoms. The molecule has 17 heavy (non-hydrogen) atoms. The van der Waals surface area contributed by atoms with Crippen LogP contribution in [0.25, 0.3) is 6.08 Å². The van der Waals surface area contributed by atoms with Crippen LogP contribution in [0, 0.1) is 0 Å². The molecule has 1 N–H and O–H groups in total. The minimum Gasteiger partial charge on any atom is -0.345 e. The van der Waals surface area contributed by atoms with Crippen LogP contribution in [0.1, 0.15) is 28.2 Å².